The van der Waals surface area contributed by atoms with E-state index in [9.17, 15) is 0 Å². The molecule has 0 saturated carbocycles. The normalized spacial score (nSPS) is 10.4. The standard InChI is InChI=1S/C14H15BrN2O/c1-3-4-12-8-14(17-9-16-12)18-13-7-11(15)6-5-10(13)2/h5-9H,3-4H2,1-2H3. The minimum Gasteiger partial charge on any atom is -0.439 e. The molecule has 0 aliphatic carbocycles. The van der Waals surface area contributed by atoms with Crippen LogP contribution >= 0.6 is 15.9 Å². The highest BCUT2D eigenvalue weighted by atomic mass is 79.9. The SMILES string of the molecule is CCCc1cc(Oc2cc(Br)ccc2C)ncn1. The van der Waals surface area contributed by atoms with Crippen molar-refractivity contribution in [1.82, 2.24) is 9.97 Å². The molecule has 0 saturated heterocycles. The molecule has 2 aromatic rings. The zero-order chi connectivity index (χ0) is 13.0. The number of aryl methyl sites for hydroxylation is 2. The molecule has 94 valence electrons. The van der Waals surface area contributed by atoms with E-state index in [4.69, 9.17) is 4.74 Å². The summed E-state index contributed by atoms with van der Waals surface area (Å²) in [5.74, 6) is 1.40. The number of aromatic nitrogens is 2. The maximum Gasteiger partial charge on any atom is 0.222 e. The number of hydrogen-bond acceptors (Lipinski definition) is 3. The quantitative estimate of drug-likeness (QED) is 0.845. The van der Waals surface area contributed by atoms with Gasteiger partial charge in [-0.05, 0) is 31.0 Å². The summed E-state index contributed by atoms with van der Waals surface area (Å²) in [6, 6.07) is 7.83. The topological polar surface area (TPSA) is 35.0 Å². The minimum atomic E-state index is 0.592. The number of halogens is 1. The van der Waals surface area contributed by atoms with Crippen LogP contribution in [0.2, 0.25) is 0 Å². The van der Waals surface area contributed by atoms with Crippen molar-refractivity contribution in [3.05, 3.63) is 46.3 Å². The summed E-state index contributed by atoms with van der Waals surface area (Å²) in [6.07, 6.45) is 3.55. The van der Waals surface area contributed by atoms with Crippen LogP contribution in [-0.2, 0) is 6.42 Å². The van der Waals surface area contributed by atoms with Crippen LogP contribution in [0.5, 0.6) is 11.6 Å². The highest BCUT2D eigenvalue weighted by Gasteiger charge is 2.04. The van der Waals surface area contributed by atoms with E-state index in [1.165, 1.54) is 0 Å². The number of hydrogen-bond donors (Lipinski definition) is 0. The molecule has 1 aromatic heterocycles. The molecular weight excluding hydrogens is 292 g/mol. The van der Waals surface area contributed by atoms with E-state index in [0.717, 1.165) is 34.3 Å². The Bertz CT molecular complexity index is 543. The van der Waals surface area contributed by atoms with Crippen LogP contribution in [0, 0.1) is 6.92 Å². The smallest absolute Gasteiger partial charge is 0.222 e. The van der Waals surface area contributed by atoms with Crippen molar-refractivity contribution in [3.8, 4) is 11.6 Å². The van der Waals surface area contributed by atoms with Gasteiger partial charge in [0.1, 0.15) is 12.1 Å². The van der Waals surface area contributed by atoms with E-state index in [2.05, 4.69) is 32.8 Å². The van der Waals surface area contributed by atoms with Gasteiger partial charge in [0, 0.05) is 16.2 Å². The molecule has 0 bridgehead atoms. The molecule has 0 atom stereocenters. The Labute approximate surface area is 115 Å². The summed E-state index contributed by atoms with van der Waals surface area (Å²) in [5.41, 5.74) is 2.09. The van der Waals surface area contributed by atoms with Gasteiger partial charge in [-0.1, -0.05) is 35.3 Å². The summed E-state index contributed by atoms with van der Waals surface area (Å²) in [5, 5.41) is 0. The van der Waals surface area contributed by atoms with E-state index in [0.29, 0.717) is 5.88 Å². The molecule has 1 aromatic carbocycles. The lowest BCUT2D eigenvalue weighted by molar-refractivity contribution is 0.456. The summed E-state index contributed by atoms with van der Waals surface area (Å²) in [7, 11) is 0. The van der Waals surface area contributed by atoms with Gasteiger partial charge >= 0.3 is 0 Å². The van der Waals surface area contributed by atoms with E-state index >= 15 is 0 Å². The van der Waals surface area contributed by atoms with Crippen LogP contribution in [0.3, 0.4) is 0 Å². The third-order valence-electron chi connectivity index (χ3n) is 2.57. The molecule has 0 unspecified atom stereocenters. The predicted molar refractivity (Wildman–Crippen MR) is 75.0 cm³/mol. The van der Waals surface area contributed by atoms with Gasteiger partial charge in [-0.25, -0.2) is 9.97 Å². The second kappa shape index (κ2) is 5.96. The van der Waals surface area contributed by atoms with Crippen molar-refractivity contribution >= 4 is 15.9 Å². The van der Waals surface area contributed by atoms with Crippen LogP contribution in [0.25, 0.3) is 0 Å². The van der Waals surface area contributed by atoms with E-state index in [1.54, 1.807) is 6.33 Å². The first kappa shape index (κ1) is 13.0. The minimum absolute atomic E-state index is 0.592. The van der Waals surface area contributed by atoms with Gasteiger partial charge in [-0.3, -0.25) is 0 Å². The fourth-order valence-corrected chi connectivity index (χ4v) is 1.96. The molecule has 18 heavy (non-hydrogen) atoms. The van der Waals surface area contributed by atoms with Crippen molar-refractivity contribution in [2.24, 2.45) is 0 Å². The second-order valence-corrected chi connectivity index (χ2v) is 5.03. The first-order chi connectivity index (χ1) is 8.69. The average Bonchev–Trinajstić information content (AvgIpc) is 2.35. The van der Waals surface area contributed by atoms with Gasteiger partial charge in [-0.2, -0.15) is 0 Å². The van der Waals surface area contributed by atoms with Crippen LogP contribution in [0.1, 0.15) is 24.6 Å². The van der Waals surface area contributed by atoms with Crippen molar-refractivity contribution in [1.29, 1.82) is 0 Å². The molecule has 4 heteroatoms. The molecule has 0 fully saturated rings. The lowest BCUT2D eigenvalue weighted by atomic mass is 10.2. The van der Waals surface area contributed by atoms with Crippen LogP contribution in [0.15, 0.2) is 35.1 Å². The third kappa shape index (κ3) is 3.29. The van der Waals surface area contributed by atoms with Crippen LogP contribution in [-0.4, -0.2) is 9.97 Å². The molecule has 0 amide bonds. The first-order valence-electron chi connectivity index (χ1n) is 5.94. The lowest BCUT2D eigenvalue weighted by Gasteiger charge is -2.08. The average molecular weight is 307 g/mol. The number of ether oxygens (including phenoxy) is 1. The highest BCUT2D eigenvalue weighted by Crippen LogP contribution is 2.27. The van der Waals surface area contributed by atoms with Crippen LogP contribution < -0.4 is 4.74 Å². The Kier molecular flexibility index (Phi) is 4.31. The fraction of sp³-hybridized carbons (Fsp3) is 0.286. The van der Waals surface area contributed by atoms with Gasteiger partial charge in [0.25, 0.3) is 0 Å². The summed E-state index contributed by atoms with van der Waals surface area (Å²) < 4.78 is 6.79. The molecular formula is C14H15BrN2O. The maximum absolute atomic E-state index is 5.80. The molecule has 0 spiro atoms. The Morgan fingerprint density at radius 1 is 1.22 bits per heavy atom. The van der Waals surface area contributed by atoms with Crippen LogP contribution in [0.4, 0.5) is 0 Å². The maximum atomic E-state index is 5.80. The summed E-state index contributed by atoms with van der Waals surface area (Å²) in [4.78, 5) is 8.35. The zero-order valence-corrected chi connectivity index (χ0v) is 12.1. The van der Waals surface area contributed by atoms with E-state index < -0.39 is 0 Å². The molecule has 0 N–H and O–H groups in total. The second-order valence-electron chi connectivity index (χ2n) is 4.11. The molecule has 0 radical (unpaired) electrons. The first-order valence-corrected chi connectivity index (χ1v) is 6.73. The Balaban J connectivity index is 2.22. The van der Waals surface area contributed by atoms with Crippen molar-refractivity contribution in [2.75, 3.05) is 0 Å². The third-order valence-corrected chi connectivity index (χ3v) is 3.06. The Morgan fingerprint density at radius 2 is 2.06 bits per heavy atom. The summed E-state index contributed by atoms with van der Waals surface area (Å²) in [6.45, 7) is 4.14. The van der Waals surface area contributed by atoms with Crippen molar-refractivity contribution < 1.29 is 4.74 Å². The van der Waals surface area contributed by atoms with Crippen molar-refractivity contribution in [2.45, 2.75) is 26.7 Å². The van der Waals surface area contributed by atoms with E-state index in [-0.39, 0.29) is 0 Å². The zero-order valence-electron chi connectivity index (χ0n) is 10.5. The molecule has 3 nitrogen and oxygen atoms in total. The largest absolute Gasteiger partial charge is 0.439 e. The van der Waals surface area contributed by atoms with Gasteiger partial charge in [0.15, 0.2) is 0 Å². The molecule has 2 rings (SSSR count). The molecule has 0 aliphatic rings. The van der Waals surface area contributed by atoms with E-state index in [1.807, 2.05) is 31.2 Å². The van der Waals surface area contributed by atoms with Crippen molar-refractivity contribution in [3.63, 3.8) is 0 Å². The van der Waals surface area contributed by atoms with Gasteiger partial charge in [0.05, 0.1) is 0 Å². The monoisotopic (exact) mass is 306 g/mol. The predicted octanol–water partition coefficient (Wildman–Crippen LogP) is 4.29. The molecule has 0 aliphatic heterocycles. The van der Waals surface area contributed by atoms with Gasteiger partial charge in [-0.15, -0.1) is 0 Å². The Hall–Kier alpha value is -1.42. The lowest BCUT2D eigenvalue weighted by Crippen LogP contribution is -1.95. The number of nitrogens with zero attached hydrogens (tertiary/aromatic N) is 2. The number of benzene rings is 1. The van der Waals surface area contributed by atoms with Gasteiger partial charge in [0.2, 0.25) is 5.88 Å². The summed E-state index contributed by atoms with van der Waals surface area (Å²) >= 11 is 3.44. The molecule has 1 heterocycles. The number of rotatable bonds is 4. The fourth-order valence-electron chi connectivity index (χ4n) is 1.62. The highest BCUT2D eigenvalue weighted by molar-refractivity contribution is 9.10. The Morgan fingerprint density at radius 3 is 2.83 bits per heavy atom. The van der Waals surface area contributed by atoms with Gasteiger partial charge < -0.3 is 4.74 Å².